The van der Waals surface area contributed by atoms with Crippen LogP contribution in [0, 0.1) is 0 Å². The Morgan fingerprint density at radius 3 is 2.56 bits per heavy atom. The van der Waals surface area contributed by atoms with Gasteiger partial charge in [-0.25, -0.2) is 8.78 Å². The molecule has 0 saturated carbocycles. The van der Waals surface area contributed by atoms with Crippen molar-refractivity contribution in [2.24, 2.45) is 0 Å². The molecule has 0 heterocycles. The van der Waals surface area contributed by atoms with Gasteiger partial charge in [0.05, 0.1) is 6.61 Å². The Hall–Kier alpha value is -0.750. The number of hydrogen-bond donors (Lipinski definition) is 1. The number of halogens is 2. The van der Waals surface area contributed by atoms with Crippen LogP contribution in [0.5, 0.6) is 0 Å². The fourth-order valence-electron chi connectivity index (χ4n) is 1.47. The van der Waals surface area contributed by atoms with Gasteiger partial charge in [0.1, 0.15) is 12.1 Å². The van der Waals surface area contributed by atoms with E-state index in [1.54, 1.807) is 20.9 Å². The zero-order chi connectivity index (χ0) is 14.0. The van der Waals surface area contributed by atoms with E-state index in [9.17, 15) is 13.6 Å². The summed E-state index contributed by atoms with van der Waals surface area (Å²) in [5, 5.41) is 2.94. The van der Waals surface area contributed by atoms with Crippen molar-refractivity contribution in [3.63, 3.8) is 0 Å². The second kappa shape index (κ2) is 9.22. The van der Waals surface area contributed by atoms with Crippen LogP contribution in [0.4, 0.5) is 8.78 Å². The molecule has 0 radical (unpaired) electrons. The highest BCUT2D eigenvalue weighted by Gasteiger charge is 2.32. The molecule has 108 valence electrons. The van der Waals surface area contributed by atoms with Gasteiger partial charge >= 0.3 is 5.97 Å². The minimum Gasteiger partial charge on any atom is -0.465 e. The molecule has 0 amide bonds. The summed E-state index contributed by atoms with van der Waals surface area (Å²) in [6.07, 6.45) is -0.490. The number of rotatable bonds is 10. The first-order chi connectivity index (χ1) is 8.46. The summed E-state index contributed by atoms with van der Waals surface area (Å²) in [4.78, 5) is 11.7. The Morgan fingerprint density at radius 1 is 1.39 bits per heavy atom. The summed E-state index contributed by atoms with van der Waals surface area (Å²) in [5.74, 6) is -0.291. The van der Waals surface area contributed by atoms with Gasteiger partial charge in [0, 0.05) is 6.61 Å². The normalized spacial score (nSPS) is 14.6. The molecule has 0 bridgehead atoms. The van der Waals surface area contributed by atoms with Gasteiger partial charge < -0.3 is 14.8 Å². The number of carbonyl (C=O) groups is 1. The van der Waals surface area contributed by atoms with Crippen molar-refractivity contribution < 1.29 is 23.0 Å². The van der Waals surface area contributed by atoms with Crippen LogP contribution in [0.1, 0.15) is 33.1 Å². The molecule has 0 aliphatic heterocycles. The summed E-state index contributed by atoms with van der Waals surface area (Å²) < 4.78 is 33.3. The molecule has 0 spiro atoms. The van der Waals surface area contributed by atoms with Gasteiger partial charge in [-0.1, -0.05) is 0 Å². The van der Waals surface area contributed by atoms with Crippen LogP contribution in [0.15, 0.2) is 0 Å². The van der Waals surface area contributed by atoms with Crippen molar-refractivity contribution in [3.05, 3.63) is 0 Å². The number of carbonyl (C=O) groups excluding carboxylic acids is 1. The van der Waals surface area contributed by atoms with E-state index in [2.05, 4.69) is 5.32 Å². The number of likely N-dealkylation sites (N-methyl/N-ethyl adjacent to an activating group) is 1. The second-order valence-electron chi connectivity index (χ2n) is 4.23. The largest absolute Gasteiger partial charge is 0.465 e. The summed E-state index contributed by atoms with van der Waals surface area (Å²) in [6, 6.07) is 0. The van der Waals surface area contributed by atoms with Crippen LogP contribution in [-0.2, 0) is 14.3 Å². The van der Waals surface area contributed by atoms with Crippen molar-refractivity contribution in [3.8, 4) is 0 Å². The van der Waals surface area contributed by atoms with Gasteiger partial charge in [-0.2, -0.15) is 0 Å². The fourth-order valence-corrected chi connectivity index (χ4v) is 1.47. The molecule has 18 heavy (non-hydrogen) atoms. The fraction of sp³-hybridized carbons (Fsp3) is 0.917. The summed E-state index contributed by atoms with van der Waals surface area (Å²) in [7, 11) is 1.70. The quantitative estimate of drug-likeness (QED) is 0.485. The summed E-state index contributed by atoms with van der Waals surface area (Å²) in [6.45, 7) is 3.62. The third-order valence-corrected chi connectivity index (χ3v) is 2.74. The average Bonchev–Trinajstić information content (AvgIpc) is 2.33. The van der Waals surface area contributed by atoms with Crippen LogP contribution >= 0.6 is 0 Å². The molecule has 0 saturated heterocycles. The maximum atomic E-state index is 11.8. The lowest BCUT2D eigenvalue weighted by Crippen LogP contribution is -2.48. The Balaban J connectivity index is 3.82. The van der Waals surface area contributed by atoms with Crippen LogP contribution in [-0.4, -0.2) is 44.8 Å². The van der Waals surface area contributed by atoms with Crippen molar-refractivity contribution in [2.45, 2.75) is 45.1 Å². The van der Waals surface area contributed by atoms with Gasteiger partial charge in [0.2, 0.25) is 0 Å². The number of ether oxygens (including phenoxy) is 2. The van der Waals surface area contributed by atoms with Crippen molar-refractivity contribution in [2.75, 3.05) is 26.9 Å². The molecule has 0 aliphatic carbocycles. The van der Waals surface area contributed by atoms with E-state index in [-0.39, 0.29) is 12.6 Å². The molecule has 1 unspecified atom stereocenters. The Morgan fingerprint density at radius 2 is 2.06 bits per heavy atom. The van der Waals surface area contributed by atoms with Gasteiger partial charge in [-0.3, -0.25) is 4.79 Å². The topological polar surface area (TPSA) is 47.6 Å². The van der Waals surface area contributed by atoms with E-state index < -0.39 is 18.6 Å². The Bertz CT molecular complexity index is 239. The zero-order valence-electron chi connectivity index (χ0n) is 11.3. The van der Waals surface area contributed by atoms with E-state index in [1.807, 2.05) is 0 Å². The summed E-state index contributed by atoms with van der Waals surface area (Å²) >= 11 is 0. The van der Waals surface area contributed by atoms with Crippen molar-refractivity contribution >= 4 is 5.97 Å². The lowest BCUT2D eigenvalue weighted by molar-refractivity contribution is -0.150. The third-order valence-electron chi connectivity index (χ3n) is 2.74. The molecule has 0 aromatic heterocycles. The molecular formula is C12H23F2NO3. The predicted molar refractivity (Wildman–Crippen MR) is 64.8 cm³/mol. The molecule has 0 rings (SSSR count). The van der Waals surface area contributed by atoms with Crippen LogP contribution < -0.4 is 5.32 Å². The van der Waals surface area contributed by atoms with Crippen LogP contribution in [0.3, 0.4) is 0 Å². The maximum absolute atomic E-state index is 11.8. The molecule has 0 aliphatic rings. The van der Waals surface area contributed by atoms with Gasteiger partial charge in [0.15, 0.2) is 0 Å². The summed E-state index contributed by atoms with van der Waals surface area (Å²) in [5.41, 5.74) is -0.723. The second-order valence-corrected chi connectivity index (χ2v) is 4.23. The smallest absolute Gasteiger partial charge is 0.326 e. The molecule has 4 nitrogen and oxygen atoms in total. The lowest BCUT2D eigenvalue weighted by atomic mass is 9.95. The minimum absolute atomic E-state index is 0.285. The third kappa shape index (κ3) is 6.86. The standard InChI is InChI=1S/C12H23F2NO3/c1-4-18-11(16)12(2,15-3)7-5-6-8-17-9-10(13)14/h10,15H,4-9H2,1-3H3. The van der Waals surface area contributed by atoms with Gasteiger partial charge in [-0.15, -0.1) is 0 Å². The average molecular weight is 267 g/mol. The molecule has 1 atom stereocenters. The Labute approximate surface area is 107 Å². The van der Waals surface area contributed by atoms with E-state index >= 15 is 0 Å². The minimum atomic E-state index is -2.42. The number of unbranched alkanes of at least 4 members (excludes halogenated alkanes) is 1. The van der Waals surface area contributed by atoms with Crippen molar-refractivity contribution in [1.82, 2.24) is 5.32 Å². The molecule has 0 aromatic rings. The zero-order valence-corrected chi connectivity index (χ0v) is 11.3. The first-order valence-corrected chi connectivity index (χ1v) is 6.18. The predicted octanol–water partition coefficient (Wildman–Crippen LogP) is 1.98. The Kier molecular flexibility index (Phi) is 8.83. The van der Waals surface area contributed by atoms with E-state index in [0.717, 1.165) is 0 Å². The monoisotopic (exact) mass is 267 g/mol. The highest BCUT2D eigenvalue weighted by Crippen LogP contribution is 2.15. The number of alkyl halides is 2. The maximum Gasteiger partial charge on any atom is 0.326 e. The van der Waals surface area contributed by atoms with Crippen LogP contribution in [0.2, 0.25) is 0 Å². The van der Waals surface area contributed by atoms with Gasteiger partial charge in [-0.05, 0) is 40.2 Å². The number of hydrogen-bond acceptors (Lipinski definition) is 4. The highest BCUT2D eigenvalue weighted by atomic mass is 19.3. The molecule has 6 heteroatoms. The van der Waals surface area contributed by atoms with Crippen molar-refractivity contribution in [1.29, 1.82) is 0 Å². The van der Waals surface area contributed by atoms with Gasteiger partial charge in [0.25, 0.3) is 6.43 Å². The van der Waals surface area contributed by atoms with E-state index in [4.69, 9.17) is 9.47 Å². The number of nitrogens with one attached hydrogen (secondary N) is 1. The molecule has 0 fully saturated rings. The first-order valence-electron chi connectivity index (χ1n) is 6.18. The highest BCUT2D eigenvalue weighted by molar-refractivity contribution is 5.80. The molecule has 0 aromatic carbocycles. The van der Waals surface area contributed by atoms with E-state index in [1.165, 1.54) is 0 Å². The number of esters is 1. The molecular weight excluding hydrogens is 244 g/mol. The lowest BCUT2D eigenvalue weighted by Gasteiger charge is -2.26. The first kappa shape index (κ1) is 17.2. The van der Waals surface area contributed by atoms with Crippen LogP contribution in [0.25, 0.3) is 0 Å². The SMILES string of the molecule is CCOC(=O)C(C)(CCCCOCC(F)F)NC. The van der Waals surface area contributed by atoms with E-state index in [0.29, 0.717) is 25.9 Å². The molecule has 1 N–H and O–H groups in total.